The molecular weight excluding hydrogens is 496 g/mol. The van der Waals surface area contributed by atoms with E-state index in [0.29, 0.717) is 53.8 Å². The molecule has 0 spiro atoms. The van der Waals surface area contributed by atoms with Gasteiger partial charge in [-0.05, 0) is 48.0 Å². The van der Waals surface area contributed by atoms with Crippen molar-refractivity contribution in [1.29, 1.82) is 0 Å². The predicted octanol–water partition coefficient (Wildman–Crippen LogP) is 5.95. The van der Waals surface area contributed by atoms with Gasteiger partial charge in [0.1, 0.15) is 5.75 Å². The number of phenolic OH excluding ortho intramolecular Hbond substituents is 1. The molecule has 3 aromatic carbocycles. The Morgan fingerprint density at radius 3 is 2.71 bits per heavy atom. The number of hydrogen-bond donors (Lipinski definition) is 3. The van der Waals surface area contributed by atoms with Gasteiger partial charge in [0.15, 0.2) is 11.4 Å². The molecule has 8 heteroatoms. The van der Waals surface area contributed by atoms with E-state index in [-0.39, 0.29) is 22.7 Å². The number of nitrogens with zero attached hydrogens (tertiary/aromatic N) is 2. The van der Waals surface area contributed by atoms with Crippen LogP contribution in [0.5, 0.6) is 5.75 Å². The van der Waals surface area contributed by atoms with E-state index >= 15 is 0 Å². The molecule has 1 amide bonds. The summed E-state index contributed by atoms with van der Waals surface area (Å²) in [5.74, 6) is 2.44. The van der Waals surface area contributed by atoms with Gasteiger partial charge in [-0.2, -0.15) is 10.2 Å². The third-order valence-electron chi connectivity index (χ3n) is 7.00. The molecule has 38 heavy (non-hydrogen) atoms. The second-order valence-corrected chi connectivity index (χ2v) is 10.6. The standard InChI is InChI=1S/C30H24N4O3S/c1-2-3-13-30(33-34-30)14-15-31-29(37)19-11-12-21-22(17-19)26-25(27(21)36)28(18-7-6-8-20(35)16-18)38-24-10-5-4-9-23(24)32-26/h1,4-12,16-17,28,32,35H,3,13-15H2,(H,31,37). The van der Waals surface area contributed by atoms with Crippen molar-refractivity contribution in [2.45, 2.75) is 35.1 Å². The van der Waals surface area contributed by atoms with Crippen LogP contribution in [0.15, 0.2) is 87.4 Å². The summed E-state index contributed by atoms with van der Waals surface area (Å²) in [6.07, 6.45) is 7.23. The lowest BCUT2D eigenvalue weighted by molar-refractivity contribution is 0.0950. The predicted molar refractivity (Wildman–Crippen MR) is 147 cm³/mol. The van der Waals surface area contributed by atoms with Crippen LogP contribution >= 0.6 is 11.8 Å². The average molecular weight is 521 g/mol. The number of amides is 1. The number of benzene rings is 3. The molecule has 0 saturated carbocycles. The highest BCUT2D eigenvalue weighted by Crippen LogP contribution is 2.52. The summed E-state index contributed by atoms with van der Waals surface area (Å²) in [6, 6.07) is 20.1. The Morgan fingerprint density at radius 1 is 1.08 bits per heavy atom. The first-order valence-corrected chi connectivity index (χ1v) is 13.3. The first-order valence-electron chi connectivity index (χ1n) is 12.4. The molecule has 6 rings (SSSR count). The van der Waals surface area contributed by atoms with Crippen LogP contribution in [0.3, 0.4) is 0 Å². The van der Waals surface area contributed by atoms with Gasteiger partial charge < -0.3 is 15.7 Å². The van der Waals surface area contributed by atoms with E-state index in [2.05, 4.69) is 26.8 Å². The lowest BCUT2D eigenvalue weighted by Gasteiger charge is -2.17. The van der Waals surface area contributed by atoms with Gasteiger partial charge in [-0.1, -0.05) is 24.3 Å². The van der Waals surface area contributed by atoms with Crippen molar-refractivity contribution in [3.8, 4) is 18.1 Å². The van der Waals surface area contributed by atoms with Gasteiger partial charge in [0, 0.05) is 53.0 Å². The third-order valence-corrected chi connectivity index (χ3v) is 8.35. The van der Waals surface area contributed by atoms with E-state index in [4.69, 9.17) is 6.42 Å². The minimum atomic E-state index is -0.458. The molecular formula is C30H24N4O3S. The first-order chi connectivity index (χ1) is 18.5. The molecule has 2 heterocycles. The number of phenols is 1. The molecule has 3 N–H and O–H groups in total. The number of anilines is 1. The Balaban J connectivity index is 1.31. The minimum absolute atomic E-state index is 0.0875. The average Bonchev–Trinajstić information content (AvgIpc) is 3.68. The number of thioether (sulfide) groups is 1. The lowest BCUT2D eigenvalue weighted by atomic mass is 10.0. The second-order valence-electron chi connectivity index (χ2n) is 9.48. The van der Waals surface area contributed by atoms with Crippen molar-refractivity contribution in [3.05, 3.63) is 94.6 Å². The number of terminal acetylenes is 1. The van der Waals surface area contributed by atoms with Gasteiger partial charge in [0.05, 0.1) is 16.6 Å². The molecule has 0 radical (unpaired) electrons. The highest BCUT2D eigenvalue weighted by atomic mass is 32.2. The van der Waals surface area contributed by atoms with Crippen LogP contribution in [0.4, 0.5) is 5.69 Å². The van der Waals surface area contributed by atoms with E-state index < -0.39 is 5.66 Å². The van der Waals surface area contributed by atoms with Crippen molar-refractivity contribution >= 4 is 34.8 Å². The smallest absolute Gasteiger partial charge is 0.251 e. The summed E-state index contributed by atoms with van der Waals surface area (Å²) in [5, 5.41) is 24.5. The van der Waals surface area contributed by atoms with E-state index in [1.165, 1.54) is 0 Å². The molecule has 1 aliphatic carbocycles. The number of carbonyl (C=O) groups excluding carboxylic acids is 2. The molecule has 0 fully saturated rings. The Morgan fingerprint density at radius 2 is 1.92 bits per heavy atom. The molecule has 3 aliphatic rings. The van der Waals surface area contributed by atoms with Crippen molar-refractivity contribution < 1.29 is 14.7 Å². The fourth-order valence-electron chi connectivity index (χ4n) is 4.94. The van der Waals surface area contributed by atoms with E-state index in [1.807, 2.05) is 30.3 Å². The highest BCUT2D eigenvalue weighted by Gasteiger charge is 2.40. The number of hydrogen-bond acceptors (Lipinski definition) is 7. The van der Waals surface area contributed by atoms with E-state index in [0.717, 1.165) is 16.1 Å². The molecule has 2 aliphatic heterocycles. The molecule has 0 aromatic heterocycles. The van der Waals surface area contributed by atoms with E-state index in [1.54, 1.807) is 48.2 Å². The number of Topliss-reactive ketones (excluding diaryl/α,β-unsaturated/α-hetero) is 1. The zero-order chi connectivity index (χ0) is 26.3. The van der Waals surface area contributed by atoms with Gasteiger partial charge in [-0.25, -0.2) is 0 Å². The van der Waals surface area contributed by atoms with Crippen LogP contribution in [0.2, 0.25) is 0 Å². The zero-order valence-corrected chi connectivity index (χ0v) is 21.2. The first kappa shape index (κ1) is 24.0. The summed E-state index contributed by atoms with van der Waals surface area (Å²) in [7, 11) is 0. The van der Waals surface area contributed by atoms with Crippen LogP contribution in [0.25, 0.3) is 5.70 Å². The summed E-state index contributed by atoms with van der Waals surface area (Å²) < 4.78 is 0. The fourth-order valence-corrected chi connectivity index (χ4v) is 6.22. The number of carbonyl (C=O) groups is 2. The normalized spacial score (nSPS) is 18.0. The fraction of sp³-hybridized carbons (Fsp3) is 0.200. The number of aromatic hydroxyl groups is 1. The van der Waals surface area contributed by atoms with E-state index in [9.17, 15) is 14.7 Å². The molecule has 1 unspecified atom stereocenters. The van der Waals surface area contributed by atoms with Crippen LogP contribution in [0.1, 0.15) is 56.4 Å². The lowest BCUT2D eigenvalue weighted by Crippen LogP contribution is -2.28. The van der Waals surface area contributed by atoms with Gasteiger partial charge >= 0.3 is 0 Å². The number of ketones is 1. The number of para-hydroxylation sites is 1. The number of fused-ring (bicyclic) bond motifs is 3. The number of rotatable bonds is 7. The third kappa shape index (κ3) is 4.35. The topological polar surface area (TPSA) is 103 Å². The largest absolute Gasteiger partial charge is 0.508 e. The molecule has 188 valence electrons. The quantitative estimate of drug-likeness (QED) is 0.334. The summed E-state index contributed by atoms with van der Waals surface area (Å²) in [5.41, 5.74) is 4.26. The summed E-state index contributed by atoms with van der Waals surface area (Å²) in [6.45, 7) is 0.419. The van der Waals surface area contributed by atoms with Crippen LogP contribution in [0, 0.1) is 12.3 Å². The maximum absolute atomic E-state index is 13.8. The van der Waals surface area contributed by atoms with Gasteiger partial charge in [-0.15, -0.1) is 24.1 Å². The van der Waals surface area contributed by atoms with Gasteiger partial charge in [0.25, 0.3) is 5.91 Å². The SMILES string of the molecule is C#CCCC1(CCNC(=O)c2ccc3c(c2)C2=C(C3=O)C(c3cccc(O)c3)Sc3ccccc3N2)N=N1. The van der Waals surface area contributed by atoms with Crippen LogP contribution in [-0.2, 0) is 0 Å². The Kier molecular flexibility index (Phi) is 6.01. The van der Waals surface area contributed by atoms with Crippen LogP contribution in [-0.4, -0.2) is 29.0 Å². The maximum atomic E-state index is 13.8. The maximum Gasteiger partial charge on any atom is 0.251 e. The van der Waals surface area contributed by atoms with Crippen LogP contribution < -0.4 is 10.6 Å². The Hall–Kier alpha value is -4.35. The number of nitrogens with one attached hydrogen (secondary N) is 2. The molecule has 7 nitrogen and oxygen atoms in total. The molecule has 3 aromatic rings. The Bertz CT molecular complexity index is 1580. The van der Waals surface area contributed by atoms with Crippen molar-refractivity contribution in [2.75, 3.05) is 11.9 Å². The molecule has 0 saturated heterocycles. The highest BCUT2D eigenvalue weighted by molar-refractivity contribution is 8.00. The summed E-state index contributed by atoms with van der Waals surface area (Å²) in [4.78, 5) is 27.8. The van der Waals surface area contributed by atoms with Crippen molar-refractivity contribution in [1.82, 2.24) is 5.32 Å². The van der Waals surface area contributed by atoms with Crippen molar-refractivity contribution in [2.24, 2.45) is 10.2 Å². The van der Waals surface area contributed by atoms with Crippen molar-refractivity contribution in [3.63, 3.8) is 0 Å². The monoisotopic (exact) mass is 520 g/mol. The minimum Gasteiger partial charge on any atom is -0.508 e. The second kappa shape index (κ2) is 9.51. The molecule has 0 bridgehead atoms. The summed E-state index contributed by atoms with van der Waals surface area (Å²) >= 11 is 1.56. The molecule has 1 atom stereocenters. The van der Waals surface area contributed by atoms with Gasteiger partial charge in [-0.3, -0.25) is 9.59 Å². The van der Waals surface area contributed by atoms with Gasteiger partial charge in [0.2, 0.25) is 0 Å². The Labute approximate surface area is 224 Å². The zero-order valence-electron chi connectivity index (χ0n) is 20.4.